The highest BCUT2D eigenvalue weighted by molar-refractivity contribution is 5.81. The Bertz CT molecular complexity index is 255. The standard InChI is InChI=1S/C8H8F6O2/c9-7(10,11)6(8(12,13)14)16-5-2-1-4(15)3-5/h5-6H,1-3H2. The smallest absolute Gasteiger partial charge is 0.357 e. The van der Waals surface area contributed by atoms with Crippen molar-refractivity contribution in [2.24, 2.45) is 0 Å². The van der Waals surface area contributed by atoms with E-state index in [1.54, 1.807) is 0 Å². The monoisotopic (exact) mass is 250 g/mol. The Balaban J connectivity index is 2.69. The van der Waals surface area contributed by atoms with Crippen molar-refractivity contribution >= 4 is 5.78 Å². The van der Waals surface area contributed by atoms with Gasteiger partial charge in [-0.2, -0.15) is 26.3 Å². The lowest BCUT2D eigenvalue weighted by atomic mass is 10.2. The van der Waals surface area contributed by atoms with Gasteiger partial charge in [-0.1, -0.05) is 0 Å². The summed E-state index contributed by atoms with van der Waals surface area (Å²) >= 11 is 0. The lowest BCUT2D eigenvalue weighted by molar-refractivity contribution is -0.330. The summed E-state index contributed by atoms with van der Waals surface area (Å²) in [7, 11) is 0. The first-order chi connectivity index (χ1) is 7.10. The predicted octanol–water partition coefficient (Wildman–Crippen LogP) is 2.62. The maximum atomic E-state index is 12.0. The van der Waals surface area contributed by atoms with Crippen molar-refractivity contribution in [1.82, 2.24) is 0 Å². The molecule has 1 fully saturated rings. The average Bonchev–Trinajstić information content (AvgIpc) is 2.43. The van der Waals surface area contributed by atoms with E-state index in [0.29, 0.717) is 0 Å². The molecule has 1 rings (SSSR count). The van der Waals surface area contributed by atoms with E-state index in [1.165, 1.54) is 0 Å². The van der Waals surface area contributed by atoms with Crippen LogP contribution in [0.2, 0.25) is 0 Å². The van der Waals surface area contributed by atoms with E-state index in [0.717, 1.165) is 0 Å². The van der Waals surface area contributed by atoms with Crippen LogP contribution in [-0.2, 0) is 9.53 Å². The van der Waals surface area contributed by atoms with Crippen molar-refractivity contribution in [3.05, 3.63) is 0 Å². The van der Waals surface area contributed by atoms with Gasteiger partial charge in [-0.05, 0) is 6.42 Å². The molecule has 1 aliphatic rings. The number of hydrogen-bond acceptors (Lipinski definition) is 2. The predicted molar refractivity (Wildman–Crippen MR) is 39.6 cm³/mol. The van der Waals surface area contributed by atoms with Gasteiger partial charge in [-0.25, -0.2) is 0 Å². The normalized spacial score (nSPS) is 23.2. The molecule has 0 saturated heterocycles. The summed E-state index contributed by atoms with van der Waals surface area (Å²) in [6.07, 6.45) is -16.6. The molecule has 0 aliphatic heterocycles. The Labute approximate surface area is 86.6 Å². The van der Waals surface area contributed by atoms with Gasteiger partial charge in [-0.15, -0.1) is 0 Å². The Hall–Kier alpha value is -0.790. The number of hydrogen-bond donors (Lipinski definition) is 0. The molecular formula is C8H8F6O2. The van der Waals surface area contributed by atoms with Crippen molar-refractivity contribution in [3.8, 4) is 0 Å². The molecule has 2 nitrogen and oxygen atoms in total. The van der Waals surface area contributed by atoms with Crippen LogP contribution in [0.25, 0.3) is 0 Å². The van der Waals surface area contributed by atoms with Crippen LogP contribution in [0.1, 0.15) is 19.3 Å². The minimum absolute atomic E-state index is 0.0346. The van der Waals surface area contributed by atoms with Gasteiger partial charge in [0.2, 0.25) is 6.10 Å². The summed E-state index contributed by atoms with van der Waals surface area (Å²) in [5.74, 6) is -0.381. The first-order valence-electron chi connectivity index (χ1n) is 4.41. The Kier molecular flexibility index (Phi) is 3.51. The SMILES string of the molecule is O=C1CCC(OC(C(F)(F)F)C(F)(F)F)C1. The average molecular weight is 250 g/mol. The van der Waals surface area contributed by atoms with Crippen LogP contribution in [0, 0.1) is 0 Å². The Morgan fingerprint density at radius 3 is 1.94 bits per heavy atom. The summed E-state index contributed by atoms with van der Waals surface area (Å²) in [4.78, 5) is 10.7. The highest BCUT2D eigenvalue weighted by Gasteiger charge is 2.59. The third-order valence-corrected chi connectivity index (χ3v) is 2.12. The van der Waals surface area contributed by atoms with E-state index in [9.17, 15) is 31.1 Å². The quantitative estimate of drug-likeness (QED) is 0.704. The fraction of sp³-hybridized carbons (Fsp3) is 0.875. The number of carbonyl (C=O) groups is 1. The highest BCUT2D eigenvalue weighted by Crippen LogP contribution is 2.37. The van der Waals surface area contributed by atoms with E-state index in [1.807, 2.05) is 0 Å². The maximum absolute atomic E-state index is 12.0. The van der Waals surface area contributed by atoms with Gasteiger partial charge >= 0.3 is 12.4 Å². The largest absolute Gasteiger partial charge is 0.423 e. The zero-order valence-corrected chi connectivity index (χ0v) is 7.86. The Morgan fingerprint density at radius 1 is 1.12 bits per heavy atom. The number of halogens is 6. The number of ketones is 1. The van der Waals surface area contributed by atoms with Crippen molar-refractivity contribution < 1.29 is 35.9 Å². The van der Waals surface area contributed by atoms with Gasteiger partial charge < -0.3 is 4.74 Å². The molecule has 0 N–H and O–H groups in total. The second kappa shape index (κ2) is 4.23. The molecule has 0 radical (unpaired) electrons. The van der Waals surface area contributed by atoms with Gasteiger partial charge in [0, 0.05) is 12.8 Å². The molecular weight excluding hydrogens is 242 g/mol. The van der Waals surface area contributed by atoms with Crippen molar-refractivity contribution in [2.75, 3.05) is 0 Å². The van der Waals surface area contributed by atoms with Gasteiger partial charge in [0.05, 0.1) is 6.10 Å². The molecule has 1 saturated carbocycles. The Morgan fingerprint density at radius 2 is 1.62 bits per heavy atom. The highest BCUT2D eigenvalue weighted by atomic mass is 19.4. The van der Waals surface area contributed by atoms with Crippen molar-refractivity contribution in [3.63, 3.8) is 0 Å². The lowest BCUT2D eigenvalue weighted by Crippen LogP contribution is -2.46. The third-order valence-electron chi connectivity index (χ3n) is 2.12. The molecule has 1 unspecified atom stereocenters. The summed E-state index contributed by atoms with van der Waals surface area (Å²) in [6.45, 7) is 0. The van der Waals surface area contributed by atoms with Crippen molar-refractivity contribution in [2.45, 2.75) is 43.8 Å². The third kappa shape index (κ3) is 3.36. The first kappa shape index (κ1) is 13.3. The fourth-order valence-corrected chi connectivity index (χ4v) is 1.43. The molecule has 8 heteroatoms. The number of alkyl halides is 6. The van der Waals surface area contributed by atoms with E-state index < -0.39 is 24.6 Å². The molecule has 94 valence electrons. The molecule has 1 aliphatic carbocycles. The minimum atomic E-state index is -5.51. The number of ether oxygens (including phenoxy) is 1. The second-order valence-corrected chi connectivity index (χ2v) is 3.50. The van der Waals surface area contributed by atoms with E-state index in [-0.39, 0.29) is 25.0 Å². The topological polar surface area (TPSA) is 26.3 Å². The molecule has 1 atom stereocenters. The summed E-state index contributed by atoms with van der Waals surface area (Å²) in [5.41, 5.74) is 0. The van der Waals surface area contributed by atoms with Crippen molar-refractivity contribution in [1.29, 1.82) is 0 Å². The zero-order valence-electron chi connectivity index (χ0n) is 7.86. The van der Waals surface area contributed by atoms with Crippen LogP contribution in [0.5, 0.6) is 0 Å². The molecule has 0 aromatic heterocycles. The van der Waals surface area contributed by atoms with Gasteiger partial charge in [0.15, 0.2) is 0 Å². The number of carbonyl (C=O) groups excluding carboxylic acids is 1. The molecule has 0 aromatic rings. The van der Waals surface area contributed by atoms with Crippen LogP contribution >= 0.6 is 0 Å². The minimum Gasteiger partial charge on any atom is -0.357 e. The number of Topliss-reactive ketones (excluding diaryl/α,β-unsaturated/α-hetero) is 1. The summed E-state index contributed by atoms with van der Waals surface area (Å²) in [6, 6.07) is 0. The second-order valence-electron chi connectivity index (χ2n) is 3.50. The van der Waals surface area contributed by atoms with Gasteiger partial charge in [0.1, 0.15) is 5.78 Å². The van der Waals surface area contributed by atoms with E-state index >= 15 is 0 Å². The molecule has 0 aromatic carbocycles. The molecule has 0 amide bonds. The van der Waals surface area contributed by atoms with E-state index in [2.05, 4.69) is 4.74 Å². The van der Waals surface area contributed by atoms with E-state index in [4.69, 9.17) is 0 Å². The summed E-state index contributed by atoms with van der Waals surface area (Å²) < 4.78 is 76.2. The molecule has 16 heavy (non-hydrogen) atoms. The van der Waals surface area contributed by atoms with Crippen LogP contribution in [0.3, 0.4) is 0 Å². The lowest BCUT2D eigenvalue weighted by Gasteiger charge is -2.25. The van der Waals surface area contributed by atoms with Crippen LogP contribution in [-0.4, -0.2) is 30.3 Å². The van der Waals surface area contributed by atoms with Crippen LogP contribution < -0.4 is 0 Å². The van der Waals surface area contributed by atoms with Crippen LogP contribution in [0.4, 0.5) is 26.3 Å². The molecule has 0 spiro atoms. The van der Waals surface area contributed by atoms with Gasteiger partial charge in [-0.3, -0.25) is 4.79 Å². The van der Waals surface area contributed by atoms with Crippen LogP contribution in [0.15, 0.2) is 0 Å². The van der Waals surface area contributed by atoms with Gasteiger partial charge in [0.25, 0.3) is 0 Å². The summed E-state index contributed by atoms with van der Waals surface area (Å²) in [5, 5.41) is 0. The zero-order chi connectivity index (χ0) is 12.6. The maximum Gasteiger partial charge on any atom is 0.423 e. The molecule has 0 bridgehead atoms. The molecule has 0 heterocycles. The first-order valence-corrected chi connectivity index (χ1v) is 4.41. The number of rotatable bonds is 2. The fourth-order valence-electron chi connectivity index (χ4n) is 1.43.